The Bertz CT molecular complexity index is 790. The number of ether oxygens (including phenoxy) is 1. The van der Waals surface area contributed by atoms with Gasteiger partial charge in [0.15, 0.2) is 0 Å². The fourth-order valence-electron chi connectivity index (χ4n) is 2.12. The highest BCUT2D eigenvalue weighted by molar-refractivity contribution is 5.68. The van der Waals surface area contributed by atoms with E-state index >= 15 is 0 Å². The van der Waals surface area contributed by atoms with Crippen molar-refractivity contribution in [2.24, 2.45) is 0 Å². The van der Waals surface area contributed by atoms with Crippen LogP contribution in [0.1, 0.15) is 0 Å². The first-order valence-electron chi connectivity index (χ1n) is 6.56. The third kappa shape index (κ3) is 2.84. The van der Waals surface area contributed by atoms with Gasteiger partial charge in [0.2, 0.25) is 0 Å². The molecule has 0 aliphatic rings. The molecule has 1 aromatic heterocycles. The van der Waals surface area contributed by atoms with Crippen LogP contribution in [0.3, 0.4) is 0 Å². The molecule has 0 spiro atoms. The summed E-state index contributed by atoms with van der Waals surface area (Å²) in [5.74, 6) is 1.41. The lowest BCUT2D eigenvalue weighted by atomic mass is 10.0. The minimum Gasteiger partial charge on any atom is -0.497 e. The summed E-state index contributed by atoms with van der Waals surface area (Å²) in [6.45, 7) is 0. The second-order valence-electron chi connectivity index (χ2n) is 4.59. The molecule has 0 radical (unpaired) electrons. The van der Waals surface area contributed by atoms with Crippen LogP contribution in [0, 0.1) is 0 Å². The number of benzene rings is 2. The van der Waals surface area contributed by atoms with E-state index in [0.29, 0.717) is 5.82 Å². The van der Waals surface area contributed by atoms with Crippen LogP contribution in [0.5, 0.6) is 5.75 Å². The Morgan fingerprint density at radius 1 is 0.857 bits per heavy atom. The lowest BCUT2D eigenvalue weighted by Gasteiger charge is -2.05. The van der Waals surface area contributed by atoms with Gasteiger partial charge in [0.1, 0.15) is 11.6 Å². The van der Waals surface area contributed by atoms with Crippen LogP contribution in [-0.4, -0.2) is 17.1 Å². The van der Waals surface area contributed by atoms with E-state index in [2.05, 4.69) is 9.97 Å². The summed E-state index contributed by atoms with van der Waals surface area (Å²) in [6, 6.07) is 17.2. The number of aromatic amines is 1. The summed E-state index contributed by atoms with van der Waals surface area (Å²) in [5.41, 5.74) is 2.93. The molecular formula is C17H14N2O2. The zero-order valence-electron chi connectivity index (χ0n) is 11.5. The minimum absolute atomic E-state index is 0.153. The number of rotatable bonds is 3. The number of methoxy groups -OCH3 is 1. The summed E-state index contributed by atoms with van der Waals surface area (Å²) >= 11 is 0. The SMILES string of the molecule is COc1ccc(-c2ccc(-c3nccc(=O)[nH]3)cc2)cc1. The number of nitrogens with one attached hydrogen (secondary N) is 1. The van der Waals surface area contributed by atoms with Gasteiger partial charge < -0.3 is 9.72 Å². The Morgan fingerprint density at radius 3 is 2.00 bits per heavy atom. The average molecular weight is 278 g/mol. The van der Waals surface area contributed by atoms with E-state index in [1.807, 2.05) is 48.5 Å². The van der Waals surface area contributed by atoms with Crippen molar-refractivity contribution < 1.29 is 4.74 Å². The second kappa shape index (κ2) is 5.63. The van der Waals surface area contributed by atoms with Gasteiger partial charge >= 0.3 is 0 Å². The van der Waals surface area contributed by atoms with Gasteiger partial charge in [-0.1, -0.05) is 36.4 Å². The molecule has 1 N–H and O–H groups in total. The van der Waals surface area contributed by atoms with Gasteiger partial charge in [0.05, 0.1) is 7.11 Å². The monoisotopic (exact) mass is 278 g/mol. The summed E-state index contributed by atoms with van der Waals surface area (Å²) < 4.78 is 5.15. The zero-order valence-corrected chi connectivity index (χ0v) is 11.5. The molecule has 0 aliphatic carbocycles. The quantitative estimate of drug-likeness (QED) is 0.801. The molecule has 21 heavy (non-hydrogen) atoms. The molecular weight excluding hydrogens is 264 g/mol. The maximum absolute atomic E-state index is 11.3. The second-order valence-corrected chi connectivity index (χ2v) is 4.59. The van der Waals surface area contributed by atoms with Crippen molar-refractivity contribution in [2.45, 2.75) is 0 Å². The lowest BCUT2D eigenvalue weighted by molar-refractivity contribution is 0.415. The van der Waals surface area contributed by atoms with E-state index in [-0.39, 0.29) is 5.56 Å². The van der Waals surface area contributed by atoms with Gasteiger partial charge in [-0.25, -0.2) is 4.98 Å². The number of H-pyrrole nitrogens is 1. The number of nitrogens with zero attached hydrogens (tertiary/aromatic N) is 1. The first kappa shape index (κ1) is 13.1. The van der Waals surface area contributed by atoms with Crippen molar-refractivity contribution in [1.29, 1.82) is 0 Å². The van der Waals surface area contributed by atoms with Crippen molar-refractivity contribution in [3.8, 4) is 28.3 Å². The highest BCUT2D eigenvalue weighted by atomic mass is 16.5. The number of hydrogen-bond donors (Lipinski definition) is 1. The van der Waals surface area contributed by atoms with Crippen molar-refractivity contribution in [1.82, 2.24) is 9.97 Å². The summed E-state index contributed by atoms with van der Waals surface area (Å²) in [6.07, 6.45) is 1.51. The maximum atomic E-state index is 11.3. The number of aromatic nitrogens is 2. The molecule has 0 amide bonds. The van der Waals surface area contributed by atoms with Gasteiger partial charge in [-0.15, -0.1) is 0 Å². The van der Waals surface area contributed by atoms with Crippen LogP contribution in [-0.2, 0) is 0 Å². The smallest absolute Gasteiger partial charge is 0.251 e. The van der Waals surface area contributed by atoms with Crippen LogP contribution in [0.15, 0.2) is 65.6 Å². The molecule has 3 rings (SSSR count). The van der Waals surface area contributed by atoms with Crippen LogP contribution >= 0.6 is 0 Å². The summed E-state index contributed by atoms with van der Waals surface area (Å²) in [7, 11) is 1.65. The molecule has 0 saturated heterocycles. The highest BCUT2D eigenvalue weighted by Crippen LogP contribution is 2.24. The molecule has 3 aromatic rings. The average Bonchev–Trinajstić information content (AvgIpc) is 2.55. The summed E-state index contributed by atoms with van der Waals surface area (Å²) in [5, 5.41) is 0. The maximum Gasteiger partial charge on any atom is 0.251 e. The molecule has 0 fully saturated rings. The van der Waals surface area contributed by atoms with E-state index in [4.69, 9.17) is 4.74 Å². The van der Waals surface area contributed by atoms with Crippen molar-refractivity contribution in [3.63, 3.8) is 0 Å². The van der Waals surface area contributed by atoms with Gasteiger partial charge in [-0.05, 0) is 23.3 Å². The van der Waals surface area contributed by atoms with Gasteiger partial charge in [-0.3, -0.25) is 4.79 Å². The zero-order chi connectivity index (χ0) is 14.7. The summed E-state index contributed by atoms with van der Waals surface area (Å²) in [4.78, 5) is 18.2. The van der Waals surface area contributed by atoms with E-state index in [1.54, 1.807) is 7.11 Å². The number of hydrogen-bond acceptors (Lipinski definition) is 3. The first-order valence-corrected chi connectivity index (χ1v) is 6.56. The van der Waals surface area contributed by atoms with Gasteiger partial charge in [0, 0.05) is 17.8 Å². The van der Waals surface area contributed by atoms with Crippen LogP contribution in [0.25, 0.3) is 22.5 Å². The van der Waals surface area contributed by atoms with E-state index < -0.39 is 0 Å². The Kier molecular flexibility index (Phi) is 3.51. The third-order valence-electron chi connectivity index (χ3n) is 3.25. The predicted molar refractivity (Wildman–Crippen MR) is 82.3 cm³/mol. The lowest BCUT2D eigenvalue weighted by Crippen LogP contribution is -2.05. The van der Waals surface area contributed by atoms with Gasteiger partial charge in [0.25, 0.3) is 5.56 Å². The topological polar surface area (TPSA) is 55.0 Å². The molecule has 0 bridgehead atoms. The molecule has 2 aromatic carbocycles. The fraction of sp³-hybridized carbons (Fsp3) is 0.0588. The molecule has 0 saturated carbocycles. The Labute approximate surface area is 122 Å². The van der Waals surface area contributed by atoms with E-state index in [9.17, 15) is 4.79 Å². The standard InChI is InChI=1S/C17H14N2O2/c1-21-15-8-6-13(7-9-15)12-2-4-14(5-3-12)17-18-11-10-16(20)19-17/h2-11H,1H3,(H,18,19,20). The van der Waals surface area contributed by atoms with Crippen molar-refractivity contribution in [2.75, 3.05) is 7.11 Å². The molecule has 4 heteroatoms. The van der Waals surface area contributed by atoms with Crippen LogP contribution in [0.4, 0.5) is 0 Å². The van der Waals surface area contributed by atoms with Crippen LogP contribution in [0.2, 0.25) is 0 Å². The third-order valence-corrected chi connectivity index (χ3v) is 3.25. The normalized spacial score (nSPS) is 10.3. The predicted octanol–water partition coefficient (Wildman–Crippen LogP) is 3.11. The van der Waals surface area contributed by atoms with Crippen LogP contribution < -0.4 is 10.3 Å². The largest absolute Gasteiger partial charge is 0.497 e. The molecule has 1 heterocycles. The minimum atomic E-state index is -0.153. The highest BCUT2D eigenvalue weighted by Gasteiger charge is 2.02. The molecule has 0 aliphatic heterocycles. The first-order chi connectivity index (χ1) is 10.3. The Hall–Kier alpha value is -2.88. The van der Waals surface area contributed by atoms with Crippen molar-refractivity contribution >= 4 is 0 Å². The van der Waals surface area contributed by atoms with E-state index in [0.717, 1.165) is 22.4 Å². The Morgan fingerprint density at radius 2 is 1.43 bits per heavy atom. The van der Waals surface area contributed by atoms with E-state index in [1.165, 1.54) is 12.3 Å². The fourth-order valence-corrected chi connectivity index (χ4v) is 2.12. The van der Waals surface area contributed by atoms with Crippen molar-refractivity contribution in [3.05, 3.63) is 71.1 Å². The Balaban J connectivity index is 1.91. The van der Waals surface area contributed by atoms with Gasteiger partial charge in [-0.2, -0.15) is 0 Å². The molecule has 0 atom stereocenters. The molecule has 0 unspecified atom stereocenters. The molecule has 4 nitrogen and oxygen atoms in total. The molecule has 104 valence electrons.